The summed E-state index contributed by atoms with van der Waals surface area (Å²) in [6, 6.07) is 30.4. The van der Waals surface area contributed by atoms with Crippen molar-refractivity contribution in [1.82, 2.24) is 0 Å². The normalized spacial score (nSPS) is 8.64. The van der Waals surface area contributed by atoms with Gasteiger partial charge in [0.2, 0.25) is 0 Å². The van der Waals surface area contributed by atoms with Gasteiger partial charge in [0, 0.05) is 0 Å². The van der Waals surface area contributed by atoms with Gasteiger partial charge in [0.1, 0.15) is 0 Å². The van der Waals surface area contributed by atoms with Gasteiger partial charge >= 0.3 is 0 Å². The number of allylic oxidation sites excluding steroid dienone is 1. The highest BCUT2D eigenvalue weighted by Gasteiger charge is 1.82. The van der Waals surface area contributed by atoms with E-state index in [4.69, 9.17) is 0 Å². The summed E-state index contributed by atoms with van der Waals surface area (Å²) in [4.78, 5) is 0. The van der Waals surface area contributed by atoms with Gasteiger partial charge in [0.15, 0.2) is 0 Å². The van der Waals surface area contributed by atoms with Crippen LogP contribution in [0.5, 0.6) is 0 Å². The van der Waals surface area contributed by atoms with Crippen LogP contribution in [-0.2, 0) is 6.42 Å². The highest BCUT2D eigenvalue weighted by atomic mass is 13.9. The van der Waals surface area contributed by atoms with E-state index >= 15 is 0 Å². The van der Waals surface area contributed by atoms with Crippen LogP contribution in [0.3, 0.4) is 0 Å². The highest BCUT2D eigenvalue weighted by Crippen LogP contribution is 1.99. The van der Waals surface area contributed by atoms with Gasteiger partial charge in [-0.1, -0.05) is 122 Å². The Bertz CT molecular complexity index is 666. The molecular formula is C25H26. The van der Waals surface area contributed by atoms with Crippen molar-refractivity contribution in [3.8, 4) is 0 Å². The first-order chi connectivity index (χ1) is 12.3. The van der Waals surface area contributed by atoms with Gasteiger partial charge in [-0.2, -0.15) is 0 Å². The number of rotatable bonds is 4. The first kappa shape index (κ1) is 19.9. The molecule has 3 aromatic carbocycles. The zero-order valence-electron chi connectivity index (χ0n) is 14.7. The van der Waals surface area contributed by atoms with Crippen molar-refractivity contribution in [3.05, 3.63) is 133 Å². The van der Waals surface area contributed by atoms with Crippen molar-refractivity contribution in [2.45, 2.75) is 6.42 Å². The molecule has 0 fully saturated rings. The van der Waals surface area contributed by atoms with Crippen molar-refractivity contribution in [3.63, 3.8) is 0 Å². The maximum absolute atomic E-state index is 3.66. The lowest BCUT2D eigenvalue weighted by Gasteiger charge is -1.91. The van der Waals surface area contributed by atoms with Crippen LogP contribution in [0.25, 0.3) is 12.2 Å². The van der Waals surface area contributed by atoms with Crippen molar-refractivity contribution in [2.75, 3.05) is 0 Å². The molecule has 0 spiro atoms. The van der Waals surface area contributed by atoms with E-state index in [9.17, 15) is 0 Å². The summed E-state index contributed by atoms with van der Waals surface area (Å²) in [5, 5.41) is 0. The van der Waals surface area contributed by atoms with Crippen LogP contribution in [0.15, 0.2) is 117 Å². The molecule has 0 aliphatic carbocycles. The van der Waals surface area contributed by atoms with Gasteiger partial charge < -0.3 is 0 Å². The molecule has 3 aromatic rings. The molecule has 0 atom stereocenters. The molecule has 25 heavy (non-hydrogen) atoms. The summed E-state index contributed by atoms with van der Waals surface area (Å²) in [7, 11) is 0. The topological polar surface area (TPSA) is 0 Å². The van der Waals surface area contributed by atoms with Crippen LogP contribution in [0.2, 0.25) is 0 Å². The van der Waals surface area contributed by atoms with E-state index < -0.39 is 0 Å². The molecule has 0 aliphatic rings. The minimum atomic E-state index is 0.973. The third-order valence-electron chi connectivity index (χ3n) is 3.29. The average Bonchev–Trinajstić information content (AvgIpc) is 2.71. The summed E-state index contributed by atoms with van der Waals surface area (Å²) in [5.74, 6) is 0. The van der Waals surface area contributed by atoms with Crippen LogP contribution in [0.1, 0.15) is 16.7 Å². The average molecular weight is 326 g/mol. The molecule has 0 aromatic heterocycles. The molecule has 126 valence electrons. The van der Waals surface area contributed by atoms with Crippen LogP contribution in [-0.4, -0.2) is 0 Å². The SMILES string of the molecule is C=CCc1ccccc1.C=Cc1ccccc1.C=Cc1ccccc1. The third-order valence-corrected chi connectivity index (χ3v) is 3.29. The van der Waals surface area contributed by atoms with Gasteiger partial charge in [0.05, 0.1) is 0 Å². The molecule has 0 heteroatoms. The van der Waals surface area contributed by atoms with Crippen molar-refractivity contribution in [1.29, 1.82) is 0 Å². The maximum Gasteiger partial charge on any atom is -0.0100 e. The second kappa shape index (κ2) is 13.3. The Morgan fingerprint density at radius 1 is 0.520 bits per heavy atom. The zero-order valence-corrected chi connectivity index (χ0v) is 14.7. The first-order valence-electron chi connectivity index (χ1n) is 8.30. The Kier molecular flexibility index (Phi) is 10.6. The molecule has 0 bridgehead atoms. The lowest BCUT2D eigenvalue weighted by molar-refractivity contribution is 1.28. The molecule has 0 unspecified atom stereocenters. The van der Waals surface area contributed by atoms with E-state index in [1.54, 1.807) is 0 Å². The summed E-state index contributed by atoms with van der Waals surface area (Å²) in [6.07, 6.45) is 6.55. The fourth-order valence-corrected chi connectivity index (χ4v) is 1.96. The minimum absolute atomic E-state index is 0.973. The van der Waals surface area contributed by atoms with E-state index in [1.165, 1.54) is 16.7 Å². The van der Waals surface area contributed by atoms with E-state index in [2.05, 4.69) is 31.9 Å². The Morgan fingerprint density at radius 2 is 0.880 bits per heavy atom. The van der Waals surface area contributed by atoms with Gasteiger partial charge in [0.25, 0.3) is 0 Å². The van der Waals surface area contributed by atoms with Crippen molar-refractivity contribution >= 4 is 12.2 Å². The highest BCUT2D eigenvalue weighted by molar-refractivity contribution is 5.46. The second-order valence-corrected chi connectivity index (χ2v) is 5.21. The van der Waals surface area contributed by atoms with Crippen LogP contribution >= 0.6 is 0 Å². The van der Waals surface area contributed by atoms with E-state index in [0.29, 0.717) is 0 Å². The zero-order chi connectivity index (χ0) is 18.2. The molecule has 3 rings (SSSR count). The fraction of sp³-hybridized carbons (Fsp3) is 0.0400. The van der Waals surface area contributed by atoms with Gasteiger partial charge in [-0.3, -0.25) is 0 Å². The van der Waals surface area contributed by atoms with Crippen LogP contribution in [0, 0.1) is 0 Å². The summed E-state index contributed by atoms with van der Waals surface area (Å²) >= 11 is 0. The van der Waals surface area contributed by atoms with Gasteiger partial charge in [-0.15, -0.1) is 6.58 Å². The van der Waals surface area contributed by atoms with Crippen molar-refractivity contribution in [2.24, 2.45) is 0 Å². The Labute approximate surface area is 152 Å². The molecule has 0 radical (unpaired) electrons. The lowest BCUT2D eigenvalue weighted by atomic mass is 10.2. The molecule has 0 nitrogen and oxygen atoms in total. The largest absolute Gasteiger partial charge is 0.103 e. The Balaban J connectivity index is 0.000000188. The second-order valence-electron chi connectivity index (χ2n) is 5.21. The predicted octanol–water partition coefficient (Wildman–Crippen LogP) is 7.07. The molecule has 0 heterocycles. The monoisotopic (exact) mass is 326 g/mol. The smallest absolute Gasteiger partial charge is 0.0100 e. The van der Waals surface area contributed by atoms with Gasteiger partial charge in [-0.05, 0) is 23.1 Å². The van der Waals surface area contributed by atoms with E-state index in [1.807, 2.05) is 97.1 Å². The standard InChI is InChI=1S/C9H10.2C8H8/c1-2-6-9-7-4-3-5-8-9;2*1-2-8-6-4-3-5-7-8/h2-5,7-8H,1,6H2;2*2-7H,1H2. The Hall–Kier alpha value is -3.12. The number of hydrogen-bond donors (Lipinski definition) is 0. The molecule has 0 N–H and O–H groups in total. The molecule has 0 saturated carbocycles. The van der Waals surface area contributed by atoms with Crippen LogP contribution in [0.4, 0.5) is 0 Å². The molecule has 0 saturated heterocycles. The minimum Gasteiger partial charge on any atom is -0.103 e. The first-order valence-corrected chi connectivity index (χ1v) is 8.30. The van der Waals surface area contributed by atoms with Gasteiger partial charge in [-0.25, -0.2) is 0 Å². The number of benzene rings is 3. The lowest BCUT2D eigenvalue weighted by Crippen LogP contribution is -1.75. The fourth-order valence-electron chi connectivity index (χ4n) is 1.96. The predicted molar refractivity (Wildman–Crippen MR) is 113 cm³/mol. The molecular weight excluding hydrogens is 300 g/mol. The maximum atomic E-state index is 3.66. The molecule has 0 amide bonds. The number of hydrogen-bond acceptors (Lipinski definition) is 0. The quantitative estimate of drug-likeness (QED) is 0.450. The van der Waals surface area contributed by atoms with Crippen LogP contribution < -0.4 is 0 Å². The van der Waals surface area contributed by atoms with E-state index in [-0.39, 0.29) is 0 Å². The summed E-state index contributed by atoms with van der Waals surface area (Å²) in [5.41, 5.74) is 3.67. The summed E-state index contributed by atoms with van der Waals surface area (Å²) in [6.45, 7) is 10.9. The van der Waals surface area contributed by atoms with E-state index in [0.717, 1.165) is 6.42 Å². The van der Waals surface area contributed by atoms with Crippen molar-refractivity contribution < 1.29 is 0 Å². The summed E-state index contributed by atoms with van der Waals surface area (Å²) < 4.78 is 0. The Morgan fingerprint density at radius 3 is 1.16 bits per heavy atom. The molecule has 0 aliphatic heterocycles. The third kappa shape index (κ3) is 9.58.